The Morgan fingerprint density at radius 3 is 2.45 bits per heavy atom. The van der Waals surface area contributed by atoms with Crippen LogP contribution in [0.3, 0.4) is 0 Å². The fraction of sp³-hybridized carbons (Fsp3) is 0.381. The highest BCUT2D eigenvalue weighted by molar-refractivity contribution is 7.89. The number of nitrogens with one attached hydrogen (secondary N) is 2. The Balaban J connectivity index is 1.69. The van der Waals surface area contributed by atoms with Crippen molar-refractivity contribution in [2.24, 2.45) is 5.92 Å². The van der Waals surface area contributed by atoms with Crippen LogP contribution in [0.15, 0.2) is 47.4 Å². The lowest BCUT2D eigenvalue weighted by Crippen LogP contribution is -2.23. The highest BCUT2D eigenvalue weighted by atomic mass is 32.2. The lowest BCUT2D eigenvalue weighted by molar-refractivity contribution is -0.117. The summed E-state index contributed by atoms with van der Waals surface area (Å²) >= 11 is 0. The van der Waals surface area contributed by atoms with Crippen LogP contribution < -0.4 is 19.5 Å². The van der Waals surface area contributed by atoms with Crippen LogP contribution in [0.5, 0.6) is 11.5 Å². The first-order valence-corrected chi connectivity index (χ1v) is 11.2. The molecule has 7 nitrogen and oxygen atoms in total. The first-order valence-electron chi connectivity index (χ1n) is 9.72. The Morgan fingerprint density at radius 2 is 1.76 bits per heavy atom. The third-order valence-electron chi connectivity index (χ3n) is 4.43. The van der Waals surface area contributed by atoms with Gasteiger partial charge in [0.15, 0.2) is 11.5 Å². The van der Waals surface area contributed by atoms with Crippen molar-refractivity contribution in [2.75, 3.05) is 18.5 Å². The molecular formula is C21H26N2O5S. The van der Waals surface area contributed by atoms with E-state index in [-0.39, 0.29) is 23.3 Å². The highest BCUT2D eigenvalue weighted by Crippen LogP contribution is 2.31. The molecule has 0 spiro atoms. The second-order valence-corrected chi connectivity index (χ2v) is 8.53. The molecule has 2 N–H and O–H groups in total. The van der Waals surface area contributed by atoms with E-state index in [1.54, 1.807) is 30.3 Å². The molecule has 0 aromatic heterocycles. The molecule has 0 saturated heterocycles. The van der Waals surface area contributed by atoms with E-state index in [1.165, 1.54) is 12.1 Å². The fourth-order valence-electron chi connectivity index (χ4n) is 2.81. The van der Waals surface area contributed by atoms with Gasteiger partial charge in [-0.15, -0.1) is 0 Å². The van der Waals surface area contributed by atoms with Crippen LogP contribution in [0.1, 0.15) is 32.3 Å². The van der Waals surface area contributed by atoms with Gasteiger partial charge < -0.3 is 14.8 Å². The topological polar surface area (TPSA) is 93.7 Å². The number of hydrogen-bond donors (Lipinski definition) is 2. The van der Waals surface area contributed by atoms with Gasteiger partial charge in [-0.05, 0) is 56.5 Å². The second kappa shape index (κ2) is 9.28. The molecule has 156 valence electrons. The number of ether oxygens (including phenoxy) is 2. The van der Waals surface area contributed by atoms with E-state index in [9.17, 15) is 13.2 Å². The largest absolute Gasteiger partial charge is 0.490 e. The number of rotatable bonds is 10. The van der Waals surface area contributed by atoms with E-state index >= 15 is 0 Å². The van der Waals surface area contributed by atoms with Crippen molar-refractivity contribution < 1.29 is 22.7 Å². The molecule has 0 heterocycles. The Hall–Kier alpha value is -2.58. The first-order chi connectivity index (χ1) is 13.9. The van der Waals surface area contributed by atoms with E-state index < -0.39 is 10.0 Å². The summed E-state index contributed by atoms with van der Waals surface area (Å²) in [6, 6.07) is 11.7. The van der Waals surface area contributed by atoms with Crippen molar-refractivity contribution in [3.05, 3.63) is 48.0 Å². The zero-order valence-corrected chi connectivity index (χ0v) is 17.4. The molecule has 0 atom stereocenters. The molecule has 2 aromatic rings. The molecule has 0 bridgehead atoms. The lowest BCUT2D eigenvalue weighted by atomic mass is 10.2. The van der Waals surface area contributed by atoms with E-state index in [4.69, 9.17) is 9.47 Å². The van der Waals surface area contributed by atoms with Gasteiger partial charge in [0.1, 0.15) is 0 Å². The van der Waals surface area contributed by atoms with Gasteiger partial charge in [-0.25, -0.2) is 13.1 Å². The molecule has 1 amide bonds. The van der Waals surface area contributed by atoms with E-state index in [0.29, 0.717) is 30.4 Å². The molecule has 0 radical (unpaired) electrons. The van der Waals surface area contributed by atoms with Crippen LogP contribution in [-0.4, -0.2) is 27.5 Å². The van der Waals surface area contributed by atoms with Gasteiger partial charge in [-0.1, -0.05) is 12.1 Å². The molecule has 1 fully saturated rings. The minimum absolute atomic E-state index is 0.0144. The average molecular weight is 419 g/mol. The Bertz CT molecular complexity index is 971. The maximum atomic E-state index is 12.7. The van der Waals surface area contributed by atoms with Crippen LogP contribution in [0.25, 0.3) is 0 Å². The first kappa shape index (κ1) is 21.1. The summed E-state index contributed by atoms with van der Waals surface area (Å²) in [5, 5.41) is 2.87. The van der Waals surface area contributed by atoms with Crippen LogP contribution in [0.4, 0.5) is 5.69 Å². The van der Waals surface area contributed by atoms with Crippen molar-refractivity contribution in [3.8, 4) is 11.5 Å². The van der Waals surface area contributed by atoms with E-state index in [2.05, 4.69) is 10.0 Å². The number of amides is 1. The molecule has 0 aliphatic heterocycles. The fourth-order valence-corrected chi connectivity index (χ4v) is 3.84. The van der Waals surface area contributed by atoms with Crippen LogP contribution >= 0.6 is 0 Å². The van der Waals surface area contributed by atoms with Gasteiger partial charge in [-0.3, -0.25) is 4.79 Å². The zero-order chi connectivity index (χ0) is 20.9. The number of benzene rings is 2. The number of anilines is 1. The summed E-state index contributed by atoms with van der Waals surface area (Å²) in [4.78, 5) is 12.0. The normalized spacial score (nSPS) is 13.7. The van der Waals surface area contributed by atoms with Gasteiger partial charge in [0.2, 0.25) is 15.9 Å². The quantitative estimate of drug-likeness (QED) is 0.617. The highest BCUT2D eigenvalue weighted by Gasteiger charge is 2.29. The van der Waals surface area contributed by atoms with Crippen LogP contribution in [-0.2, 0) is 21.4 Å². The predicted octanol–water partition coefficient (Wildman–Crippen LogP) is 3.31. The third kappa shape index (κ3) is 5.71. The molecule has 29 heavy (non-hydrogen) atoms. The van der Waals surface area contributed by atoms with Crippen molar-refractivity contribution >= 4 is 21.6 Å². The Labute approximate surface area is 171 Å². The average Bonchev–Trinajstić information content (AvgIpc) is 3.54. The van der Waals surface area contributed by atoms with Gasteiger partial charge >= 0.3 is 0 Å². The minimum atomic E-state index is -3.74. The molecule has 0 unspecified atom stereocenters. The molecular weight excluding hydrogens is 392 g/mol. The minimum Gasteiger partial charge on any atom is -0.490 e. The van der Waals surface area contributed by atoms with Gasteiger partial charge in [-0.2, -0.15) is 0 Å². The second-order valence-electron chi connectivity index (χ2n) is 6.76. The lowest BCUT2D eigenvalue weighted by Gasteiger charge is -2.13. The van der Waals surface area contributed by atoms with Crippen molar-refractivity contribution in [1.82, 2.24) is 4.72 Å². The van der Waals surface area contributed by atoms with Gasteiger partial charge in [0, 0.05) is 24.2 Å². The van der Waals surface area contributed by atoms with Crippen molar-refractivity contribution in [1.29, 1.82) is 0 Å². The maximum Gasteiger partial charge on any atom is 0.241 e. The number of carbonyl (C=O) groups excluding carboxylic acids is 1. The van der Waals surface area contributed by atoms with Gasteiger partial charge in [0.25, 0.3) is 0 Å². The van der Waals surface area contributed by atoms with Crippen LogP contribution in [0.2, 0.25) is 0 Å². The predicted molar refractivity (Wildman–Crippen MR) is 111 cm³/mol. The third-order valence-corrected chi connectivity index (χ3v) is 5.83. The SMILES string of the molecule is CCOc1ccc(S(=O)(=O)NCc2cccc(NC(=O)C3CC3)c2)cc1OCC. The summed E-state index contributed by atoms with van der Waals surface area (Å²) in [6.45, 7) is 4.63. The smallest absolute Gasteiger partial charge is 0.241 e. The summed E-state index contributed by atoms with van der Waals surface area (Å²) in [5.41, 5.74) is 1.41. The molecule has 8 heteroatoms. The Morgan fingerprint density at radius 1 is 1.03 bits per heavy atom. The number of hydrogen-bond acceptors (Lipinski definition) is 5. The van der Waals surface area contributed by atoms with E-state index in [0.717, 1.165) is 18.4 Å². The van der Waals surface area contributed by atoms with Crippen LogP contribution in [0, 0.1) is 5.92 Å². The monoisotopic (exact) mass is 418 g/mol. The molecule has 3 rings (SSSR count). The van der Waals surface area contributed by atoms with Crippen molar-refractivity contribution in [2.45, 2.75) is 38.1 Å². The number of carbonyl (C=O) groups is 1. The molecule has 1 aliphatic rings. The van der Waals surface area contributed by atoms with Gasteiger partial charge in [0.05, 0.1) is 18.1 Å². The zero-order valence-electron chi connectivity index (χ0n) is 16.6. The molecule has 2 aromatic carbocycles. The Kier molecular flexibility index (Phi) is 6.76. The summed E-state index contributed by atoms with van der Waals surface area (Å²) < 4.78 is 39.0. The number of sulfonamides is 1. The maximum absolute atomic E-state index is 12.7. The standard InChI is InChI=1S/C21H26N2O5S/c1-3-27-19-11-10-18(13-20(19)28-4-2)29(25,26)22-14-15-6-5-7-17(12-15)23-21(24)16-8-9-16/h5-7,10-13,16,22H,3-4,8-9,14H2,1-2H3,(H,23,24). The van der Waals surface area contributed by atoms with E-state index in [1.807, 2.05) is 13.8 Å². The summed E-state index contributed by atoms with van der Waals surface area (Å²) in [5.74, 6) is 1.02. The summed E-state index contributed by atoms with van der Waals surface area (Å²) in [7, 11) is -3.74. The summed E-state index contributed by atoms with van der Waals surface area (Å²) in [6.07, 6.45) is 1.86. The molecule has 1 aliphatic carbocycles. The molecule has 1 saturated carbocycles. The van der Waals surface area contributed by atoms with Crippen molar-refractivity contribution in [3.63, 3.8) is 0 Å².